The van der Waals surface area contributed by atoms with Crippen LogP contribution in [0.5, 0.6) is 5.75 Å². The average molecular weight is 620 g/mol. The lowest BCUT2D eigenvalue weighted by molar-refractivity contribution is -0.237. The Balaban J connectivity index is 0.946. The summed E-state index contributed by atoms with van der Waals surface area (Å²) in [5.74, 6) is 2.15. The van der Waals surface area contributed by atoms with Crippen molar-refractivity contribution in [1.82, 2.24) is 5.32 Å². The summed E-state index contributed by atoms with van der Waals surface area (Å²) in [5.41, 5.74) is 3.98. The molecule has 8 heteroatoms. The summed E-state index contributed by atoms with van der Waals surface area (Å²) in [7, 11) is 0. The van der Waals surface area contributed by atoms with Crippen molar-refractivity contribution in [2.75, 3.05) is 26.4 Å². The van der Waals surface area contributed by atoms with Gasteiger partial charge in [-0.05, 0) is 105 Å². The molecule has 244 valence electrons. The number of hydrogen-bond acceptors (Lipinski definition) is 7. The SMILES string of the molecule is CCOC(=O)[C@@H](CCCCCOc1ccc2c(c1)CC[C@@H]1[C@@H]2CC[C@@]2(C)[C@H]1CCC21OCCO1)NC(=O)OCc1ccccc1. The first-order valence-corrected chi connectivity index (χ1v) is 17.1. The van der Waals surface area contributed by atoms with Crippen molar-refractivity contribution in [2.24, 2.45) is 17.3 Å². The van der Waals surface area contributed by atoms with Crippen LogP contribution in [0.2, 0.25) is 0 Å². The molecule has 0 radical (unpaired) electrons. The molecule has 1 heterocycles. The molecule has 8 nitrogen and oxygen atoms in total. The van der Waals surface area contributed by atoms with Gasteiger partial charge in [0, 0.05) is 11.8 Å². The molecule has 6 rings (SSSR count). The molecule has 1 saturated heterocycles. The third kappa shape index (κ3) is 6.73. The standard InChI is InChI=1S/C37H49NO7/c1-3-41-34(39)33(38-35(40)43-25-26-10-6-4-7-11-26)12-8-5-9-21-42-28-14-16-29-27(24-28)13-15-31-30(29)17-19-36(2)32(31)18-20-37(36)44-22-23-45-37/h4,6-7,10-11,14,16,24,30-33H,3,5,8-9,12-13,15,17-23,25H2,1-2H3,(H,38,40)/t30-,31-,32+,33-,36+/m1/s1. The quantitative estimate of drug-likeness (QED) is 0.200. The minimum Gasteiger partial charge on any atom is -0.494 e. The number of benzene rings is 2. The van der Waals surface area contributed by atoms with E-state index in [4.69, 9.17) is 23.7 Å². The Morgan fingerprint density at radius 1 is 0.978 bits per heavy atom. The third-order valence-corrected chi connectivity index (χ3v) is 11.0. The number of fused-ring (bicyclic) bond motifs is 6. The summed E-state index contributed by atoms with van der Waals surface area (Å²) in [6, 6.07) is 15.5. The summed E-state index contributed by atoms with van der Waals surface area (Å²) < 4.78 is 29.2. The second-order valence-electron chi connectivity index (χ2n) is 13.4. The first-order chi connectivity index (χ1) is 21.9. The van der Waals surface area contributed by atoms with E-state index in [1.54, 1.807) is 6.92 Å². The van der Waals surface area contributed by atoms with E-state index in [0.717, 1.165) is 63.1 Å². The van der Waals surface area contributed by atoms with Crippen molar-refractivity contribution in [3.8, 4) is 5.75 Å². The zero-order valence-corrected chi connectivity index (χ0v) is 26.9. The maximum Gasteiger partial charge on any atom is 0.408 e. The number of ether oxygens (including phenoxy) is 5. The molecule has 1 spiro atoms. The second kappa shape index (κ2) is 14.1. The second-order valence-corrected chi connectivity index (χ2v) is 13.4. The molecule has 5 atom stereocenters. The van der Waals surface area contributed by atoms with Crippen LogP contribution >= 0.6 is 0 Å². The minimum absolute atomic E-state index is 0.128. The molecule has 1 aliphatic heterocycles. The van der Waals surface area contributed by atoms with Crippen LogP contribution in [0.25, 0.3) is 0 Å². The monoisotopic (exact) mass is 619 g/mol. The van der Waals surface area contributed by atoms with Crippen LogP contribution in [0.4, 0.5) is 4.79 Å². The highest BCUT2D eigenvalue weighted by atomic mass is 16.7. The van der Waals surface area contributed by atoms with Gasteiger partial charge in [-0.15, -0.1) is 0 Å². The first kappa shape index (κ1) is 31.9. The molecule has 0 unspecified atom stereocenters. The summed E-state index contributed by atoms with van der Waals surface area (Å²) in [6.45, 7) is 6.69. The van der Waals surface area contributed by atoms with Gasteiger partial charge in [0.2, 0.25) is 0 Å². The number of carbonyl (C=O) groups is 2. The molecule has 1 N–H and O–H groups in total. The maximum atomic E-state index is 12.5. The average Bonchev–Trinajstić information content (AvgIpc) is 3.66. The highest BCUT2D eigenvalue weighted by molar-refractivity contribution is 5.81. The number of esters is 1. The van der Waals surface area contributed by atoms with Crippen molar-refractivity contribution >= 4 is 12.1 Å². The van der Waals surface area contributed by atoms with Crippen molar-refractivity contribution < 1.29 is 33.3 Å². The van der Waals surface area contributed by atoms with Crippen LogP contribution in [-0.2, 0) is 36.8 Å². The van der Waals surface area contributed by atoms with E-state index in [1.807, 2.05) is 30.3 Å². The van der Waals surface area contributed by atoms with E-state index in [0.29, 0.717) is 30.8 Å². The van der Waals surface area contributed by atoms with Gasteiger partial charge in [0.05, 0.1) is 26.4 Å². The van der Waals surface area contributed by atoms with Gasteiger partial charge in [0.25, 0.3) is 0 Å². The number of aryl methyl sites for hydroxylation is 1. The lowest BCUT2D eigenvalue weighted by atomic mass is 9.55. The number of unbranched alkanes of at least 4 members (excludes halogenated alkanes) is 2. The number of amides is 1. The fourth-order valence-electron chi connectivity index (χ4n) is 8.75. The van der Waals surface area contributed by atoms with E-state index in [-0.39, 0.29) is 24.4 Å². The van der Waals surface area contributed by atoms with Gasteiger partial charge < -0.3 is 29.0 Å². The smallest absolute Gasteiger partial charge is 0.408 e. The fourth-order valence-corrected chi connectivity index (χ4v) is 8.75. The van der Waals surface area contributed by atoms with Crippen molar-refractivity contribution in [3.05, 3.63) is 65.2 Å². The third-order valence-electron chi connectivity index (χ3n) is 11.0. The van der Waals surface area contributed by atoms with Crippen molar-refractivity contribution in [1.29, 1.82) is 0 Å². The van der Waals surface area contributed by atoms with E-state index in [9.17, 15) is 9.59 Å². The van der Waals surface area contributed by atoms with Gasteiger partial charge in [-0.2, -0.15) is 0 Å². The molecule has 2 aromatic rings. The van der Waals surface area contributed by atoms with Gasteiger partial charge >= 0.3 is 12.1 Å². The minimum atomic E-state index is -0.732. The van der Waals surface area contributed by atoms with E-state index in [1.165, 1.54) is 30.4 Å². The normalized spacial score (nSPS) is 26.8. The fraction of sp³-hybridized carbons (Fsp3) is 0.622. The maximum absolute atomic E-state index is 12.5. The molecule has 3 fully saturated rings. The topological polar surface area (TPSA) is 92.3 Å². The van der Waals surface area contributed by atoms with Crippen LogP contribution in [0.3, 0.4) is 0 Å². The zero-order valence-electron chi connectivity index (χ0n) is 26.9. The van der Waals surface area contributed by atoms with Gasteiger partial charge in [-0.3, -0.25) is 0 Å². The van der Waals surface area contributed by atoms with Gasteiger partial charge in [-0.1, -0.05) is 49.7 Å². The van der Waals surface area contributed by atoms with Gasteiger partial charge in [0.1, 0.15) is 18.4 Å². The molecule has 0 aromatic heterocycles. The van der Waals surface area contributed by atoms with Crippen LogP contribution < -0.4 is 10.1 Å². The Bertz CT molecular complexity index is 1310. The lowest BCUT2D eigenvalue weighted by Gasteiger charge is -2.52. The zero-order chi connectivity index (χ0) is 31.3. The molecule has 3 aliphatic carbocycles. The van der Waals surface area contributed by atoms with Crippen LogP contribution in [0.15, 0.2) is 48.5 Å². The summed E-state index contributed by atoms with van der Waals surface area (Å²) in [5, 5.41) is 2.68. The summed E-state index contributed by atoms with van der Waals surface area (Å²) >= 11 is 0. The summed E-state index contributed by atoms with van der Waals surface area (Å²) in [4.78, 5) is 24.8. The molecule has 1 amide bonds. The van der Waals surface area contributed by atoms with Crippen LogP contribution in [-0.4, -0.2) is 50.3 Å². The Morgan fingerprint density at radius 3 is 2.60 bits per heavy atom. The first-order valence-electron chi connectivity index (χ1n) is 17.1. The van der Waals surface area contributed by atoms with E-state index in [2.05, 4.69) is 30.4 Å². The van der Waals surface area contributed by atoms with Crippen molar-refractivity contribution in [3.63, 3.8) is 0 Å². The number of hydrogen-bond donors (Lipinski definition) is 1. The molecular formula is C37H49NO7. The number of nitrogens with one attached hydrogen (secondary N) is 1. The predicted molar refractivity (Wildman–Crippen MR) is 170 cm³/mol. The molecule has 2 aromatic carbocycles. The molecular weight excluding hydrogens is 570 g/mol. The lowest BCUT2D eigenvalue weighted by Crippen LogP contribution is -2.51. The molecule has 2 saturated carbocycles. The largest absolute Gasteiger partial charge is 0.494 e. The Morgan fingerprint density at radius 2 is 1.80 bits per heavy atom. The van der Waals surface area contributed by atoms with Crippen LogP contribution in [0.1, 0.15) is 94.2 Å². The molecule has 45 heavy (non-hydrogen) atoms. The highest BCUT2D eigenvalue weighted by Crippen LogP contribution is 2.66. The number of alkyl carbamates (subject to hydrolysis) is 1. The van der Waals surface area contributed by atoms with E-state index < -0.39 is 18.1 Å². The molecule has 0 bridgehead atoms. The van der Waals surface area contributed by atoms with E-state index >= 15 is 0 Å². The Hall–Kier alpha value is -3.10. The summed E-state index contributed by atoms with van der Waals surface area (Å²) in [6.07, 6.45) is 9.31. The molecule has 4 aliphatic rings. The van der Waals surface area contributed by atoms with Gasteiger partial charge in [-0.25, -0.2) is 9.59 Å². The number of rotatable bonds is 12. The predicted octanol–water partition coefficient (Wildman–Crippen LogP) is 7.08. The van der Waals surface area contributed by atoms with Gasteiger partial charge in [0.15, 0.2) is 5.79 Å². The van der Waals surface area contributed by atoms with Crippen molar-refractivity contribution in [2.45, 2.75) is 102 Å². The van der Waals surface area contributed by atoms with Crippen LogP contribution in [0, 0.1) is 17.3 Å². The Labute approximate surface area is 267 Å². The highest BCUT2D eigenvalue weighted by Gasteiger charge is 2.65. The Kier molecular flexibility index (Phi) is 10.0. The number of carbonyl (C=O) groups excluding carboxylic acids is 2.